The quantitative estimate of drug-likeness (QED) is 0.417. The van der Waals surface area contributed by atoms with Crippen molar-refractivity contribution in [1.82, 2.24) is 10.6 Å². The van der Waals surface area contributed by atoms with Crippen molar-refractivity contribution in [1.29, 1.82) is 0 Å². The zero-order valence-corrected chi connectivity index (χ0v) is 18.8. The summed E-state index contributed by atoms with van der Waals surface area (Å²) < 4.78 is 6.23. The molecule has 2 amide bonds. The molecule has 7 heteroatoms. The van der Waals surface area contributed by atoms with Gasteiger partial charge in [0.15, 0.2) is 5.11 Å². The smallest absolute Gasteiger partial charge is 0.263 e. The van der Waals surface area contributed by atoms with Gasteiger partial charge in [-0.1, -0.05) is 56.6 Å². The molecule has 0 bridgehead atoms. The molecule has 0 unspecified atom stereocenters. The van der Waals surface area contributed by atoms with E-state index in [0.29, 0.717) is 16.3 Å². The number of carbonyl (C=O) groups excluding carboxylic acids is 2. The number of thiocarbonyl (C=S) groups is 1. The maximum absolute atomic E-state index is 12.3. The van der Waals surface area contributed by atoms with Crippen molar-refractivity contribution in [3.8, 4) is 5.75 Å². The van der Waals surface area contributed by atoms with Crippen molar-refractivity contribution < 1.29 is 14.3 Å². The summed E-state index contributed by atoms with van der Waals surface area (Å²) in [6, 6.07) is 11.4. The van der Waals surface area contributed by atoms with Gasteiger partial charge in [0.2, 0.25) is 0 Å². The van der Waals surface area contributed by atoms with Crippen LogP contribution in [-0.2, 0) is 21.6 Å². The van der Waals surface area contributed by atoms with Crippen LogP contribution in [0.1, 0.15) is 43.0 Å². The van der Waals surface area contributed by atoms with Crippen LogP contribution >= 0.6 is 23.8 Å². The molecule has 3 rings (SSSR count). The summed E-state index contributed by atoms with van der Waals surface area (Å²) in [5.41, 5.74) is 3.18. The van der Waals surface area contributed by atoms with Gasteiger partial charge in [-0.15, -0.1) is 0 Å². The van der Waals surface area contributed by atoms with Gasteiger partial charge in [0.05, 0.1) is 0 Å². The molecule has 5 nitrogen and oxygen atoms in total. The second kappa shape index (κ2) is 8.58. The maximum atomic E-state index is 12.3. The Morgan fingerprint density at radius 2 is 1.73 bits per heavy atom. The lowest BCUT2D eigenvalue weighted by Gasteiger charge is -2.26. The molecule has 1 saturated heterocycles. The fourth-order valence-corrected chi connectivity index (χ4v) is 3.53. The Hall–Kier alpha value is -2.70. The van der Waals surface area contributed by atoms with Crippen LogP contribution in [0.2, 0.25) is 5.02 Å². The van der Waals surface area contributed by atoms with Crippen LogP contribution in [0.5, 0.6) is 5.75 Å². The standard InChI is InChI=1S/C23H23ClN2O3S/c1-13-9-15(11-16-20(27)25-22(30)26-21(16)28)19(17(10-13)23(2,3)4)29-12-14-7-5-6-8-18(14)24/h5-11H,12H2,1-4H3,(H2,25,26,27,28,30). The zero-order valence-electron chi connectivity index (χ0n) is 17.3. The highest BCUT2D eigenvalue weighted by Crippen LogP contribution is 2.37. The molecule has 0 saturated carbocycles. The number of ether oxygens (including phenoxy) is 1. The molecule has 1 fully saturated rings. The minimum atomic E-state index is -0.542. The Kier molecular flexibility index (Phi) is 6.29. The second-order valence-electron chi connectivity index (χ2n) is 8.16. The lowest BCUT2D eigenvalue weighted by Crippen LogP contribution is -2.51. The van der Waals surface area contributed by atoms with Gasteiger partial charge >= 0.3 is 0 Å². The highest BCUT2D eigenvalue weighted by molar-refractivity contribution is 7.80. The normalized spacial score (nSPS) is 14.3. The minimum Gasteiger partial charge on any atom is -0.488 e. The van der Waals surface area contributed by atoms with E-state index in [4.69, 9.17) is 28.6 Å². The van der Waals surface area contributed by atoms with E-state index in [2.05, 4.69) is 37.5 Å². The van der Waals surface area contributed by atoms with Crippen LogP contribution in [0.15, 0.2) is 42.0 Å². The van der Waals surface area contributed by atoms with E-state index in [0.717, 1.165) is 16.7 Å². The number of aryl methyl sites for hydroxylation is 1. The predicted molar refractivity (Wildman–Crippen MR) is 123 cm³/mol. The lowest BCUT2D eigenvalue weighted by molar-refractivity contribution is -0.123. The fraction of sp³-hybridized carbons (Fsp3) is 0.261. The molecule has 30 heavy (non-hydrogen) atoms. The van der Waals surface area contributed by atoms with E-state index in [9.17, 15) is 9.59 Å². The fourth-order valence-electron chi connectivity index (χ4n) is 3.15. The number of amides is 2. The van der Waals surface area contributed by atoms with E-state index >= 15 is 0 Å². The molecule has 2 aromatic rings. The van der Waals surface area contributed by atoms with Crippen molar-refractivity contribution in [3.63, 3.8) is 0 Å². The summed E-state index contributed by atoms with van der Waals surface area (Å²) in [6.45, 7) is 8.47. The molecule has 1 aliphatic rings. The molecule has 0 spiro atoms. The van der Waals surface area contributed by atoms with Crippen molar-refractivity contribution in [2.24, 2.45) is 0 Å². The van der Waals surface area contributed by atoms with Crippen molar-refractivity contribution >= 4 is 46.8 Å². The average molecular weight is 443 g/mol. The monoisotopic (exact) mass is 442 g/mol. The number of rotatable bonds is 4. The van der Waals surface area contributed by atoms with E-state index in [1.54, 1.807) is 0 Å². The topological polar surface area (TPSA) is 67.4 Å². The second-order valence-corrected chi connectivity index (χ2v) is 8.97. The molecule has 1 aliphatic heterocycles. The Morgan fingerprint density at radius 1 is 1.10 bits per heavy atom. The molecule has 0 aliphatic carbocycles. The first-order valence-corrected chi connectivity index (χ1v) is 10.2. The van der Waals surface area contributed by atoms with Gasteiger partial charge in [-0.25, -0.2) is 0 Å². The SMILES string of the molecule is Cc1cc(C=C2C(=O)NC(=S)NC2=O)c(OCc2ccccc2Cl)c(C(C)(C)C)c1. The van der Waals surface area contributed by atoms with Crippen molar-refractivity contribution in [3.05, 3.63) is 69.2 Å². The number of hydrogen-bond acceptors (Lipinski definition) is 4. The summed E-state index contributed by atoms with van der Waals surface area (Å²) in [5, 5.41) is 5.53. The third-order valence-corrected chi connectivity index (χ3v) is 5.22. The van der Waals surface area contributed by atoms with Crippen LogP contribution in [0.25, 0.3) is 6.08 Å². The van der Waals surface area contributed by atoms with E-state index < -0.39 is 11.8 Å². The van der Waals surface area contributed by atoms with Gasteiger partial charge in [-0.05, 0) is 48.3 Å². The lowest BCUT2D eigenvalue weighted by atomic mass is 9.83. The van der Waals surface area contributed by atoms with E-state index in [1.165, 1.54) is 6.08 Å². The maximum Gasteiger partial charge on any atom is 0.263 e. The first kappa shape index (κ1) is 22.0. The van der Waals surface area contributed by atoms with Gasteiger partial charge in [0.1, 0.15) is 17.9 Å². The summed E-state index contributed by atoms with van der Waals surface area (Å²) in [7, 11) is 0. The van der Waals surface area contributed by atoms with Crippen LogP contribution < -0.4 is 15.4 Å². The molecule has 0 atom stereocenters. The largest absolute Gasteiger partial charge is 0.488 e. The summed E-state index contributed by atoms with van der Waals surface area (Å²) in [6.07, 6.45) is 1.54. The Balaban J connectivity index is 2.10. The first-order chi connectivity index (χ1) is 14.1. The third kappa shape index (κ3) is 4.89. The Labute approximate surface area is 186 Å². The van der Waals surface area contributed by atoms with Crippen LogP contribution in [0, 0.1) is 6.92 Å². The van der Waals surface area contributed by atoms with Crippen LogP contribution in [0.4, 0.5) is 0 Å². The number of hydrogen-bond donors (Lipinski definition) is 2. The van der Waals surface area contributed by atoms with Crippen molar-refractivity contribution in [2.45, 2.75) is 39.7 Å². The molecule has 156 valence electrons. The molecule has 2 aromatic carbocycles. The van der Waals surface area contributed by atoms with Gasteiger partial charge in [0.25, 0.3) is 11.8 Å². The third-order valence-electron chi connectivity index (χ3n) is 4.64. The van der Waals surface area contributed by atoms with Crippen LogP contribution in [0.3, 0.4) is 0 Å². The molecule has 0 radical (unpaired) electrons. The van der Waals surface area contributed by atoms with Gasteiger partial charge in [-0.3, -0.25) is 20.2 Å². The predicted octanol–water partition coefficient (Wildman–Crippen LogP) is 4.44. The summed E-state index contributed by atoms with van der Waals surface area (Å²) in [5.74, 6) is -0.478. The molecular formula is C23H23ClN2O3S. The van der Waals surface area contributed by atoms with Crippen molar-refractivity contribution in [2.75, 3.05) is 0 Å². The van der Waals surface area contributed by atoms with Gasteiger partial charge in [0, 0.05) is 21.7 Å². The number of benzene rings is 2. The zero-order chi connectivity index (χ0) is 22.1. The van der Waals surface area contributed by atoms with Gasteiger partial charge < -0.3 is 4.74 Å². The summed E-state index contributed by atoms with van der Waals surface area (Å²) in [4.78, 5) is 24.7. The van der Waals surface area contributed by atoms with E-state index in [1.807, 2.05) is 37.3 Å². The first-order valence-electron chi connectivity index (χ1n) is 9.46. The average Bonchev–Trinajstić information content (AvgIpc) is 2.63. The Morgan fingerprint density at radius 3 is 2.33 bits per heavy atom. The van der Waals surface area contributed by atoms with E-state index in [-0.39, 0.29) is 22.7 Å². The number of halogens is 1. The molecule has 2 N–H and O–H groups in total. The minimum absolute atomic E-state index is 0.00281. The molecule has 0 aromatic heterocycles. The molecule has 1 heterocycles. The summed E-state index contributed by atoms with van der Waals surface area (Å²) >= 11 is 11.2. The molecular weight excluding hydrogens is 420 g/mol. The highest BCUT2D eigenvalue weighted by atomic mass is 35.5. The van der Waals surface area contributed by atoms with Crippen LogP contribution in [-0.4, -0.2) is 16.9 Å². The Bertz CT molecular complexity index is 1050. The number of nitrogens with one attached hydrogen (secondary N) is 2. The van der Waals surface area contributed by atoms with Gasteiger partial charge in [-0.2, -0.15) is 0 Å². The highest BCUT2D eigenvalue weighted by Gasteiger charge is 2.28. The number of carbonyl (C=O) groups is 2.